The van der Waals surface area contributed by atoms with Crippen LogP contribution in [0.3, 0.4) is 0 Å². The standard InChI is InChI=1S/C28H43NO10/c1-10-23(30)36-17(2)18(3)37-24(31)20(29)13-19-11-12-21(38-25(32)34-15-27(4,5)6)22(14-19)39-26(33)35-16-28(7,8)9/h11-12,14,17-18,20H,10,13,15-16,29H2,1-9H3/t17-,18-,20-/m0/s1. The highest BCUT2D eigenvalue weighted by atomic mass is 16.7. The third kappa shape index (κ3) is 13.9. The first-order chi connectivity index (χ1) is 17.9. The van der Waals surface area contributed by atoms with Crippen molar-refractivity contribution in [1.82, 2.24) is 0 Å². The second kappa shape index (κ2) is 14.7. The molecule has 0 amide bonds. The molecule has 0 unspecified atom stereocenters. The fraction of sp³-hybridized carbons (Fsp3) is 0.643. The number of hydrogen-bond acceptors (Lipinski definition) is 11. The molecule has 1 aromatic rings. The molecule has 1 aromatic carbocycles. The summed E-state index contributed by atoms with van der Waals surface area (Å²) in [4.78, 5) is 48.6. The van der Waals surface area contributed by atoms with Gasteiger partial charge in [-0.15, -0.1) is 0 Å². The van der Waals surface area contributed by atoms with Gasteiger partial charge in [-0.2, -0.15) is 0 Å². The van der Waals surface area contributed by atoms with Gasteiger partial charge < -0.3 is 34.2 Å². The van der Waals surface area contributed by atoms with Gasteiger partial charge in [0.25, 0.3) is 0 Å². The van der Waals surface area contributed by atoms with Crippen molar-refractivity contribution in [2.75, 3.05) is 13.2 Å². The van der Waals surface area contributed by atoms with Crippen LogP contribution < -0.4 is 15.2 Å². The zero-order valence-corrected chi connectivity index (χ0v) is 24.5. The summed E-state index contributed by atoms with van der Waals surface area (Å²) in [5.41, 5.74) is 5.96. The lowest BCUT2D eigenvalue weighted by molar-refractivity contribution is -0.166. The molecule has 0 aliphatic heterocycles. The zero-order chi connectivity index (χ0) is 30.0. The molecule has 0 spiro atoms. The lowest BCUT2D eigenvalue weighted by atomic mass is 9.99. The first-order valence-corrected chi connectivity index (χ1v) is 12.9. The smallest absolute Gasteiger partial charge is 0.459 e. The minimum absolute atomic E-state index is 0.0107. The number of ether oxygens (including phenoxy) is 6. The molecule has 1 rings (SSSR count). The lowest BCUT2D eigenvalue weighted by Crippen LogP contribution is -2.39. The van der Waals surface area contributed by atoms with Crippen LogP contribution in [0.15, 0.2) is 18.2 Å². The first kappa shape index (κ1) is 33.7. The number of hydrogen-bond donors (Lipinski definition) is 1. The van der Waals surface area contributed by atoms with Crippen LogP contribution in [0, 0.1) is 10.8 Å². The van der Waals surface area contributed by atoms with Crippen molar-refractivity contribution in [1.29, 1.82) is 0 Å². The molecule has 3 atom stereocenters. The molecule has 11 nitrogen and oxygen atoms in total. The molecule has 0 heterocycles. The molecule has 220 valence electrons. The van der Waals surface area contributed by atoms with Gasteiger partial charge >= 0.3 is 24.2 Å². The van der Waals surface area contributed by atoms with Crippen molar-refractivity contribution in [3.05, 3.63) is 23.8 Å². The van der Waals surface area contributed by atoms with Crippen LogP contribution in [-0.4, -0.2) is 55.7 Å². The highest BCUT2D eigenvalue weighted by molar-refractivity contribution is 5.76. The van der Waals surface area contributed by atoms with Crippen molar-refractivity contribution in [2.45, 2.75) is 93.4 Å². The second-order valence-electron chi connectivity index (χ2n) is 11.7. The van der Waals surface area contributed by atoms with Gasteiger partial charge in [-0.1, -0.05) is 54.5 Å². The van der Waals surface area contributed by atoms with E-state index in [-0.39, 0.29) is 48.4 Å². The van der Waals surface area contributed by atoms with E-state index in [1.54, 1.807) is 26.8 Å². The van der Waals surface area contributed by atoms with Gasteiger partial charge in [-0.25, -0.2) is 9.59 Å². The van der Waals surface area contributed by atoms with Crippen LogP contribution in [0.2, 0.25) is 0 Å². The van der Waals surface area contributed by atoms with Gasteiger partial charge in [0.15, 0.2) is 11.5 Å². The third-order valence-electron chi connectivity index (χ3n) is 4.97. The Morgan fingerprint density at radius 1 is 0.795 bits per heavy atom. The maximum absolute atomic E-state index is 12.5. The molecule has 0 saturated carbocycles. The predicted octanol–water partition coefficient (Wildman–Crippen LogP) is 4.95. The maximum Gasteiger partial charge on any atom is 0.513 e. The Hall–Kier alpha value is -3.34. The number of carbonyl (C=O) groups excluding carboxylic acids is 4. The van der Waals surface area contributed by atoms with E-state index in [4.69, 9.17) is 34.2 Å². The normalized spacial score (nSPS) is 13.9. The molecule has 0 radical (unpaired) electrons. The molecular formula is C28H43NO10. The number of benzene rings is 1. The molecule has 0 aliphatic carbocycles. The van der Waals surface area contributed by atoms with Crippen LogP contribution >= 0.6 is 0 Å². The molecule has 39 heavy (non-hydrogen) atoms. The first-order valence-electron chi connectivity index (χ1n) is 12.9. The van der Waals surface area contributed by atoms with Crippen molar-refractivity contribution in [3.63, 3.8) is 0 Å². The van der Waals surface area contributed by atoms with Crippen LogP contribution in [0.4, 0.5) is 9.59 Å². The summed E-state index contributed by atoms with van der Waals surface area (Å²) in [6.07, 6.45) is -3.13. The maximum atomic E-state index is 12.5. The monoisotopic (exact) mass is 553 g/mol. The fourth-order valence-corrected chi connectivity index (χ4v) is 2.72. The molecule has 0 aromatic heterocycles. The molecule has 11 heteroatoms. The Bertz CT molecular complexity index is 993. The van der Waals surface area contributed by atoms with E-state index in [1.165, 1.54) is 12.1 Å². The number of esters is 2. The van der Waals surface area contributed by atoms with Crippen LogP contribution in [-0.2, 0) is 35.0 Å². The van der Waals surface area contributed by atoms with Gasteiger partial charge in [0.05, 0.1) is 13.2 Å². The van der Waals surface area contributed by atoms with E-state index in [0.29, 0.717) is 5.56 Å². The van der Waals surface area contributed by atoms with E-state index in [0.717, 1.165) is 0 Å². The van der Waals surface area contributed by atoms with Crippen LogP contribution in [0.25, 0.3) is 0 Å². The minimum Gasteiger partial charge on any atom is -0.459 e. The van der Waals surface area contributed by atoms with Gasteiger partial charge in [0, 0.05) is 6.42 Å². The van der Waals surface area contributed by atoms with Crippen molar-refractivity contribution in [3.8, 4) is 11.5 Å². The summed E-state index contributed by atoms with van der Waals surface area (Å²) in [6, 6.07) is 3.28. The highest BCUT2D eigenvalue weighted by Crippen LogP contribution is 2.30. The molecular weight excluding hydrogens is 510 g/mol. The molecule has 0 fully saturated rings. The Morgan fingerprint density at radius 3 is 1.77 bits per heavy atom. The summed E-state index contributed by atoms with van der Waals surface area (Å²) in [7, 11) is 0. The van der Waals surface area contributed by atoms with Gasteiger partial charge in [0.1, 0.15) is 18.2 Å². The van der Waals surface area contributed by atoms with E-state index >= 15 is 0 Å². The Labute approximate surface area is 230 Å². The van der Waals surface area contributed by atoms with Crippen LogP contribution in [0.1, 0.15) is 74.3 Å². The lowest BCUT2D eigenvalue weighted by Gasteiger charge is -2.22. The molecule has 2 N–H and O–H groups in total. The Morgan fingerprint density at radius 2 is 1.28 bits per heavy atom. The van der Waals surface area contributed by atoms with Gasteiger partial charge in [-0.05, 0) is 48.8 Å². The Balaban J connectivity index is 3.00. The molecule has 0 bridgehead atoms. The second-order valence-corrected chi connectivity index (χ2v) is 11.7. The van der Waals surface area contributed by atoms with E-state index < -0.39 is 42.5 Å². The predicted molar refractivity (Wildman–Crippen MR) is 142 cm³/mol. The van der Waals surface area contributed by atoms with Gasteiger partial charge in [-0.3, -0.25) is 9.59 Å². The summed E-state index contributed by atoms with van der Waals surface area (Å²) >= 11 is 0. The van der Waals surface area contributed by atoms with Crippen molar-refractivity contribution >= 4 is 24.2 Å². The van der Waals surface area contributed by atoms with E-state index in [9.17, 15) is 19.2 Å². The number of carbonyl (C=O) groups is 4. The minimum atomic E-state index is -1.08. The van der Waals surface area contributed by atoms with E-state index in [2.05, 4.69) is 0 Å². The number of rotatable bonds is 11. The molecule has 0 aliphatic rings. The largest absolute Gasteiger partial charge is 0.513 e. The molecule has 0 saturated heterocycles. The Kier molecular flexibility index (Phi) is 12.7. The highest BCUT2D eigenvalue weighted by Gasteiger charge is 2.25. The SMILES string of the molecule is CCC(=O)O[C@@H](C)[C@H](C)OC(=O)[C@@H](N)Cc1ccc(OC(=O)OCC(C)(C)C)c(OC(=O)OCC(C)(C)C)c1. The van der Waals surface area contributed by atoms with Crippen molar-refractivity contribution < 1.29 is 47.6 Å². The van der Waals surface area contributed by atoms with Crippen molar-refractivity contribution in [2.24, 2.45) is 16.6 Å². The summed E-state index contributed by atoms with van der Waals surface area (Å²) in [6.45, 7) is 16.4. The third-order valence-corrected chi connectivity index (χ3v) is 4.97. The average molecular weight is 554 g/mol. The number of nitrogens with two attached hydrogens (primary N) is 1. The summed E-state index contributed by atoms with van der Waals surface area (Å²) < 4.78 is 31.4. The average Bonchev–Trinajstić information content (AvgIpc) is 2.81. The van der Waals surface area contributed by atoms with Gasteiger partial charge in [0.2, 0.25) is 0 Å². The van der Waals surface area contributed by atoms with E-state index in [1.807, 2.05) is 41.5 Å². The topological polar surface area (TPSA) is 150 Å². The zero-order valence-electron chi connectivity index (χ0n) is 24.5. The fourth-order valence-electron chi connectivity index (χ4n) is 2.72. The quantitative estimate of drug-likeness (QED) is 0.225. The summed E-state index contributed by atoms with van der Waals surface area (Å²) in [5, 5.41) is 0. The summed E-state index contributed by atoms with van der Waals surface area (Å²) in [5.74, 6) is -1.32. The van der Waals surface area contributed by atoms with Crippen LogP contribution in [0.5, 0.6) is 11.5 Å².